The normalized spacial score (nSPS) is 42.7. The summed E-state index contributed by atoms with van der Waals surface area (Å²) < 4.78 is 0. The zero-order valence-corrected chi connectivity index (χ0v) is 22.4. The maximum absolute atomic E-state index is 12.3. The van der Waals surface area contributed by atoms with Crippen LogP contribution in [0.3, 0.4) is 0 Å². The molecule has 5 heteroatoms. The van der Waals surface area contributed by atoms with Gasteiger partial charge in [-0.15, -0.1) is 0 Å². The molecule has 0 saturated heterocycles. The molecule has 0 aromatic carbocycles. The maximum Gasteiger partial charge on any atom is 0.246 e. The van der Waals surface area contributed by atoms with Crippen LogP contribution in [0.5, 0.6) is 0 Å². The number of fused-ring (bicyclic) bond motifs is 5. The van der Waals surface area contributed by atoms with E-state index in [1.54, 1.807) is 0 Å². The zero-order valence-electron chi connectivity index (χ0n) is 22.4. The molecule has 3 fully saturated rings. The van der Waals surface area contributed by atoms with E-state index in [1.165, 1.54) is 45.4 Å². The van der Waals surface area contributed by atoms with E-state index in [0.29, 0.717) is 48.6 Å². The van der Waals surface area contributed by atoms with Crippen molar-refractivity contribution in [1.82, 2.24) is 0 Å². The number of aliphatic hydroxyl groups is 1. The third-order valence-electron chi connectivity index (χ3n) is 11.3. The SMILES string of the molecule is CC(=O)[C@]1(O)CC[C@@]2(C)C(=C([N+](=O)[O-])C[C@H]3[C@@H]4CC[C@H]([C@H](C)CCCC(C)C)[C@@]4(C)CC[C@@H]32)C1. The highest BCUT2D eigenvalue weighted by Gasteiger charge is 2.63. The topological polar surface area (TPSA) is 80.4 Å². The number of hydrogen-bond donors (Lipinski definition) is 1. The first kappa shape index (κ1) is 25.9. The molecule has 0 aromatic heterocycles. The van der Waals surface area contributed by atoms with E-state index in [9.17, 15) is 20.0 Å². The van der Waals surface area contributed by atoms with E-state index in [-0.39, 0.29) is 28.0 Å². The van der Waals surface area contributed by atoms with Gasteiger partial charge in [0, 0.05) is 18.4 Å². The Kier molecular flexibility index (Phi) is 6.85. The van der Waals surface area contributed by atoms with Crippen molar-refractivity contribution in [3.05, 3.63) is 21.4 Å². The molecular formula is C29H47NO4. The van der Waals surface area contributed by atoms with Crippen molar-refractivity contribution in [2.45, 2.75) is 118 Å². The summed E-state index contributed by atoms with van der Waals surface area (Å²) >= 11 is 0. The van der Waals surface area contributed by atoms with Gasteiger partial charge in [0.2, 0.25) is 5.70 Å². The summed E-state index contributed by atoms with van der Waals surface area (Å²) in [6, 6.07) is 0. The molecule has 0 spiro atoms. The van der Waals surface area contributed by atoms with Gasteiger partial charge in [0.25, 0.3) is 0 Å². The molecule has 8 atom stereocenters. The number of rotatable bonds is 7. The molecular weight excluding hydrogens is 426 g/mol. The third-order valence-corrected chi connectivity index (χ3v) is 11.3. The van der Waals surface area contributed by atoms with E-state index in [0.717, 1.165) is 23.8 Å². The van der Waals surface area contributed by atoms with Gasteiger partial charge in [-0.05, 0) is 91.8 Å². The highest BCUT2D eigenvalue weighted by Crippen LogP contribution is 2.68. The molecule has 3 saturated carbocycles. The van der Waals surface area contributed by atoms with Gasteiger partial charge >= 0.3 is 0 Å². The lowest BCUT2D eigenvalue weighted by atomic mass is 9.45. The molecule has 0 aromatic rings. The first-order chi connectivity index (χ1) is 15.8. The van der Waals surface area contributed by atoms with E-state index >= 15 is 0 Å². The molecule has 0 unspecified atom stereocenters. The van der Waals surface area contributed by atoms with Gasteiger partial charge < -0.3 is 5.11 Å². The Hall–Kier alpha value is -1.23. The van der Waals surface area contributed by atoms with Crippen LogP contribution in [0.25, 0.3) is 0 Å². The van der Waals surface area contributed by atoms with Crippen LogP contribution in [-0.2, 0) is 4.79 Å². The van der Waals surface area contributed by atoms with E-state index in [4.69, 9.17) is 0 Å². The summed E-state index contributed by atoms with van der Waals surface area (Å²) in [5.41, 5.74) is -0.322. The zero-order chi connectivity index (χ0) is 25.1. The standard InChI is InChI=1S/C29H47NO4/c1-18(2)8-7-9-19(3)22-10-11-23-21-16-26(30(33)34)25-17-29(32,20(4)31)15-14-28(25,6)24(21)12-13-27(22,23)5/h18-19,21-24,32H,7-17H2,1-6H3/t19-,21+,22-,23+,24+,27-,28-,29+/m1/s1. The van der Waals surface area contributed by atoms with Crippen LogP contribution in [0.4, 0.5) is 0 Å². The number of carbonyl (C=O) groups excluding carboxylic acids is 1. The summed E-state index contributed by atoms with van der Waals surface area (Å²) in [4.78, 5) is 24.3. The van der Waals surface area contributed by atoms with Crippen LogP contribution >= 0.6 is 0 Å². The smallest absolute Gasteiger partial charge is 0.246 e. The van der Waals surface area contributed by atoms with Crippen LogP contribution in [0, 0.1) is 56.5 Å². The number of nitro groups is 1. The summed E-state index contributed by atoms with van der Waals surface area (Å²) in [7, 11) is 0. The van der Waals surface area contributed by atoms with E-state index in [2.05, 4.69) is 34.6 Å². The summed E-state index contributed by atoms with van der Waals surface area (Å²) in [6.45, 7) is 13.2. The minimum absolute atomic E-state index is 0.149. The number of ketones is 1. The first-order valence-electron chi connectivity index (χ1n) is 13.9. The van der Waals surface area contributed by atoms with Crippen molar-refractivity contribution >= 4 is 5.78 Å². The van der Waals surface area contributed by atoms with Crippen LogP contribution < -0.4 is 0 Å². The lowest BCUT2D eigenvalue weighted by molar-refractivity contribution is -0.434. The molecule has 0 aliphatic heterocycles. The molecule has 1 N–H and O–H groups in total. The average molecular weight is 474 g/mol. The quantitative estimate of drug-likeness (QED) is 0.320. The average Bonchev–Trinajstić information content (AvgIpc) is 3.10. The fourth-order valence-electron chi connectivity index (χ4n) is 9.26. The Morgan fingerprint density at radius 1 is 1.09 bits per heavy atom. The number of nitrogens with zero attached hydrogens (tertiary/aromatic N) is 1. The van der Waals surface area contributed by atoms with Crippen molar-refractivity contribution in [3.8, 4) is 0 Å². The van der Waals surface area contributed by atoms with Crippen molar-refractivity contribution in [2.75, 3.05) is 0 Å². The van der Waals surface area contributed by atoms with Crippen molar-refractivity contribution in [3.63, 3.8) is 0 Å². The van der Waals surface area contributed by atoms with Gasteiger partial charge in [0.05, 0.1) is 4.92 Å². The molecule has 192 valence electrons. The van der Waals surface area contributed by atoms with Crippen LogP contribution in [-0.4, -0.2) is 21.4 Å². The van der Waals surface area contributed by atoms with Gasteiger partial charge in [0.1, 0.15) is 5.60 Å². The van der Waals surface area contributed by atoms with Crippen molar-refractivity contribution < 1.29 is 14.8 Å². The lowest BCUT2D eigenvalue weighted by Gasteiger charge is -2.58. The molecule has 0 amide bonds. The van der Waals surface area contributed by atoms with Gasteiger partial charge in [-0.3, -0.25) is 14.9 Å². The highest BCUT2D eigenvalue weighted by molar-refractivity contribution is 5.85. The molecule has 5 nitrogen and oxygen atoms in total. The lowest BCUT2D eigenvalue weighted by Crippen LogP contribution is -2.55. The Labute approximate surface area is 206 Å². The Bertz CT molecular complexity index is 864. The number of hydrogen-bond acceptors (Lipinski definition) is 4. The second kappa shape index (κ2) is 9.01. The molecule has 34 heavy (non-hydrogen) atoms. The second-order valence-electron chi connectivity index (χ2n) is 13.5. The number of Topliss-reactive ketones (excluding diaryl/α,β-unsaturated/α-hetero) is 1. The minimum Gasteiger partial charge on any atom is -0.382 e. The van der Waals surface area contributed by atoms with Gasteiger partial charge in [-0.2, -0.15) is 0 Å². The van der Waals surface area contributed by atoms with E-state index < -0.39 is 5.60 Å². The predicted octanol–water partition coefficient (Wildman–Crippen LogP) is 6.95. The minimum atomic E-state index is -1.43. The van der Waals surface area contributed by atoms with Gasteiger partial charge in [-0.1, -0.05) is 53.9 Å². The van der Waals surface area contributed by atoms with Crippen molar-refractivity contribution in [2.24, 2.45) is 46.3 Å². The number of carbonyl (C=O) groups is 1. The van der Waals surface area contributed by atoms with Crippen LogP contribution in [0.1, 0.15) is 112 Å². The molecule has 4 rings (SSSR count). The summed E-state index contributed by atoms with van der Waals surface area (Å²) in [6.07, 6.45) is 10.5. The third kappa shape index (κ3) is 4.08. The molecule has 0 radical (unpaired) electrons. The first-order valence-corrected chi connectivity index (χ1v) is 13.9. The van der Waals surface area contributed by atoms with Crippen LogP contribution in [0.15, 0.2) is 11.3 Å². The molecule has 4 aliphatic rings. The molecule has 0 heterocycles. The monoisotopic (exact) mass is 473 g/mol. The van der Waals surface area contributed by atoms with Gasteiger partial charge in [-0.25, -0.2) is 0 Å². The Morgan fingerprint density at radius 2 is 1.79 bits per heavy atom. The van der Waals surface area contributed by atoms with E-state index in [1.807, 2.05) is 0 Å². The highest BCUT2D eigenvalue weighted by atomic mass is 16.6. The fourth-order valence-corrected chi connectivity index (χ4v) is 9.26. The fraction of sp³-hybridized carbons (Fsp3) is 0.897. The molecule has 0 bridgehead atoms. The predicted molar refractivity (Wildman–Crippen MR) is 135 cm³/mol. The molecule has 4 aliphatic carbocycles. The number of allylic oxidation sites excluding steroid dienone is 1. The largest absolute Gasteiger partial charge is 0.382 e. The summed E-state index contributed by atoms with van der Waals surface area (Å²) in [5.74, 6) is 3.26. The maximum atomic E-state index is 12.3. The second-order valence-corrected chi connectivity index (χ2v) is 13.5. The van der Waals surface area contributed by atoms with Gasteiger partial charge in [0.15, 0.2) is 5.78 Å². The van der Waals surface area contributed by atoms with Crippen molar-refractivity contribution in [1.29, 1.82) is 0 Å². The Balaban J connectivity index is 1.62. The summed E-state index contributed by atoms with van der Waals surface area (Å²) in [5, 5.41) is 23.3. The Morgan fingerprint density at radius 3 is 2.41 bits per heavy atom. The van der Waals surface area contributed by atoms with Crippen LogP contribution in [0.2, 0.25) is 0 Å².